The minimum absolute atomic E-state index is 0.321. The zero-order valence-electron chi connectivity index (χ0n) is 18.7. The van der Waals surface area contributed by atoms with E-state index < -0.39 is 6.04 Å². The van der Waals surface area contributed by atoms with Crippen LogP contribution in [0.3, 0.4) is 0 Å². The summed E-state index contributed by atoms with van der Waals surface area (Å²) in [6.45, 7) is 0.481. The van der Waals surface area contributed by atoms with E-state index in [0.717, 1.165) is 22.2 Å². The second-order valence-corrected chi connectivity index (χ2v) is 8.48. The molecular formula is C26H23ClFN3O3. The quantitative estimate of drug-likeness (QED) is 0.368. The number of hydrogen-bond donors (Lipinski definition) is 2. The molecular weight excluding hydrogens is 457 g/mol. The molecule has 174 valence electrons. The van der Waals surface area contributed by atoms with Crippen molar-refractivity contribution < 1.29 is 18.7 Å². The van der Waals surface area contributed by atoms with Crippen molar-refractivity contribution >= 4 is 34.2 Å². The lowest BCUT2D eigenvalue weighted by Gasteiger charge is -2.36. The van der Waals surface area contributed by atoms with E-state index in [4.69, 9.17) is 21.1 Å². The van der Waals surface area contributed by atoms with Gasteiger partial charge in [0.25, 0.3) is 0 Å². The number of halogens is 2. The number of ether oxygens (including phenoxy) is 2. The van der Waals surface area contributed by atoms with Gasteiger partial charge < -0.3 is 24.7 Å². The number of carbonyl (C=O) groups is 1. The van der Waals surface area contributed by atoms with Crippen molar-refractivity contribution in [3.05, 3.63) is 88.3 Å². The number of amides is 2. The zero-order chi connectivity index (χ0) is 23.8. The van der Waals surface area contributed by atoms with Crippen LogP contribution < -0.4 is 14.8 Å². The molecule has 8 heteroatoms. The Balaban J connectivity index is 1.56. The number of hydrogen-bond acceptors (Lipinski definition) is 3. The van der Waals surface area contributed by atoms with Crippen molar-refractivity contribution in [3.63, 3.8) is 0 Å². The Kier molecular flexibility index (Phi) is 5.79. The molecule has 1 aromatic heterocycles. The van der Waals surface area contributed by atoms with Crippen LogP contribution in [0.2, 0.25) is 5.02 Å². The zero-order valence-corrected chi connectivity index (χ0v) is 19.4. The molecule has 0 saturated heterocycles. The topological polar surface area (TPSA) is 66.6 Å². The number of nitrogens with zero attached hydrogens (tertiary/aromatic N) is 1. The lowest BCUT2D eigenvalue weighted by Crippen LogP contribution is -2.43. The average Bonchev–Trinajstić information content (AvgIpc) is 3.23. The van der Waals surface area contributed by atoms with E-state index in [2.05, 4.69) is 16.4 Å². The van der Waals surface area contributed by atoms with E-state index in [-0.39, 0.29) is 11.8 Å². The molecule has 0 aliphatic carbocycles. The predicted octanol–water partition coefficient (Wildman–Crippen LogP) is 6.16. The highest BCUT2D eigenvalue weighted by molar-refractivity contribution is 6.32. The number of H-pyrrole nitrogens is 1. The SMILES string of the molecule is COc1cc(OC)c(NC(=O)N2CCc3c([nH]c4ccccc34)[C@@H]2c2ccc(F)cc2)cc1Cl. The van der Waals surface area contributed by atoms with E-state index in [9.17, 15) is 9.18 Å². The first-order valence-electron chi connectivity index (χ1n) is 10.8. The Morgan fingerprint density at radius 3 is 2.56 bits per heavy atom. The minimum atomic E-state index is -0.420. The lowest BCUT2D eigenvalue weighted by molar-refractivity contribution is 0.193. The first-order valence-corrected chi connectivity index (χ1v) is 11.2. The molecule has 2 heterocycles. The van der Waals surface area contributed by atoms with Crippen LogP contribution in [0.1, 0.15) is 22.9 Å². The number of nitrogens with one attached hydrogen (secondary N) is 2. The summed E-state index contributed by atoms with van der Waals surface area (Å²) in [4.78, 5) is 18.8. The van der Waals surface area contributed by atoms with Gasteiger partial charge in [0.15, 0.2) is 0 Å². The van der Waals surface area contributed by atoms with Gasteiger partial charge in [-0.25, -0.2) is 9.18 Å². The third kappa shape index (κ3) is 3.82. The molecule has 5 rings (SSSR count). The van der Waals surface area contributed by atoms with Crippen molar-refractivity contribution in [3.8, 4) is 11.5 Å². The third-order valence-electron chi connectivity index (χ3n) is 6.20. The molecule has 4 aromatic rings. The standard InChI is InChI=1S/C26H23ClFN3O3/c1-33-22-14-23(34-2)21(13-19(22)27)30-26(32)31-12-11-18-17-5-3-4-6-20(17)29-24(18)25(31)15-7-9-16(28)10-8-15/h3-10,13-14,25,29H,11-12H2,1-2H3,(H,30,32)/t25-/m0/s1. The molecule has 1 aliphatic rings. The fraction of sp³-hybridized carbons (Fsp3) is 0.192. The molecule has 0 fully saturated rings. The Bertz CT molecular complexity index is 1370. The summed E-state index contributed by atoms with van der Waals surface area (Å²) in [6.07, 6.45) is 0.685. The number of carbonyl (C=O) groups excluding carboxylic acids is 1. The van der Waals surface area contributed by atoms with Crippen molar-refractivity contribution in [1.82, 2.24) is 9.88 Å². The summed E-state index contributed by atoms with van der Waals surface area (Å²) in [7, 11) is 3.02. The van der Waals surface area contributed by atoms with E-state index in [0.29, 0.717) is 35.2 Å². The van der Waals surface area contributed by atoms with Gasteiger partial charge in [-0.2, -0.15) is 0 Å². The van der Waals surface area contributed by atoms with Crippen LogP contribution >= 0.6 is 11.6 Å². The molecule has 1 atom stereocenters. The summed E-state index contributed by atoms with van der Waals surface area (Å²) in [5.41, 5.74) is 4.33. The molecule has 0 bridgehead atoms. The van der Waals surface area contributed by atoms with Gasteiger partial charge in [-0.15, -0.1) is 0 Å². The Hall–Kier alpha value is -3.71. The number of para-hydroxylation sites is 1. The molecule has 0 unspecified atom stereocenters. The first-order chi connectivity index (χ1) is 16.5. The number of urea groups is 1. The van der Waals surface area contributed by atoms with Gasteiger partial charge in [0, 0.05) is 29.2 Å². The van der Waals surface area contributed by atoms with Gasteiger partial charge >= 0.3 is 6.03 Å². The van der Waals surface area contributed by atoms with Crippen LogP contribution in [0, 0.1) is 5.82 Å². The summed E-state index contributed by atoms with van der Waals surface area (Å²) in [5.74, 6) is 0.544. The molecule has 0 spiro atoms. The normalized spacial score (nSPS) is 15.2. The fourth-order valence-corrected chi connectivity index (χ4v) is 4.84. The Morgan fingerprint density at radius 2 is 1.82 bits per heavy atom. The number of rotatable bonds is 4. The highest BCUT2D eigenvalue weighted by Gasteiger charge is 2.35. The van der Waals surface area contributed by atoms with E-state index in [1.54, 1.807) is 29.2 Å². The molecule has 3 aromatic carbocycles. The molecule has 6 nitrogen and oxygen atoms in total. The second-order valence-electron chi connectivity index (χ2n) is 8.08. The van der Waals surface area contributed by atoms with Gasteiger partial charge in [0.1, 0.15) is 17.3 Å². The van der Waals surface area contributed by atoms with Crippen LogP contribution in [-0.2, 0) is 6.42 Å². The van der Waals surface area contributed by atoms with Crippen molar-refractivity contribution in [2.45, 2.75) is 12.5 Å². The largest absolute Gasteiger partial charge is 0.495 e. The molecule has 1 aliphatic heterocycles. The number of methoxy groups -OCH3 is 2. The van der Waals surface area contributed by atoms with Gasteiger partial charge in [0.2, 0.25) is 0 Å². The number of aromatic amines is 1. The first kappa shape index (κ1) is 22.1. The summed E-state index contributed by atoms with van der Waals surface area (Å²) >= 11 is 6.29. The van der Waals surface area contributed by atoms with Crippen LogP contribution in [0.4, 0.5) is 14.9 Å². The third-order valence-corrected chi connectivity index (χ3v) is 6.49. The predicted molar refractivity (Wildman–Crippen MR) is 131 cm³/mol. The highest BCUT2D eigenvalue weighted by Crippen LogP contribution is 2.40. The summed E-state index contributed by atoms with van der Waals surface area (Å²) in [5, 5.41) is 4.42. The van der Waals surface area contributed by atoms with Gasteiger partial charge in [-0.1, -0.05) is 41.9 Å². The molecule has 0 radical (unpaired) electrons. The van der Waals surface area contributed by atoms with Crippen molar-refractivity contribution in [2.75, 3.05) is 26.1 Å². The number of benzene rings is 3. The monoisotopic (exact) mass is 479 g/mol. The van der Waals surface area contributed by atoms with Crippen LogP contribution in [0.25, 0.3) is 10.9 Å². The maximum Gasteiger partial charge on any atom is 0.322 e. The highest BCUT2D eigenvalue weighted by atomic mass is 35.5. The number of aromatic nitrogens is 1. The van der Waals surface area contributed by atoms with Gasteiger partial charge in [-0.3, -0.25) is 0 Å². The summed E-state index contributed by atoms with van der Waals surface area (Å²) in [6, 6.07) is 16.8. The smallest absolute Gasteiger partial charge is 0.322 e. The van der Waals surface area contributed by atoms with Crippen LogP contribution in [0.5, 0.6) is 11.5 Å². The number of fused-ring (bicyclic) bond motifs is 3. The lowest BCUT2D eigenvalue weighted by atomic mass is 9.92. The number of anilines is 1. The summed E-state index contributed by atoms with van der Waals surface area (Å²) < 4.78 is 24.4. The Labute approximate surface area is 201 Å². The molecule has 2 N–H and O–H groups in total. The Morgan fingerprint density at radius 1 is 1.09 bits per heavy atom. The molecule has 2 amide bonds. The maximum atomic E-state index is 13.7. The van der Waals surface area contributed by atoms with Gasteiger partial charge in [0.05, 0.1) is 31.0 Å². The second kappa shape index (κ2) is 8.91. The van der Waals surface area contributed by atoms with E-state index >= 15 is 0 Å². The minimum Gasteiger partial charge on any atom is -0.495 e. The van der Waals surface area contributed by atoms with Crippen molar-refractivity contribution in [1.29, 1.82) is 0 Å². The molecule has 0 saturated carbocycles. The van der Waals surface area contributed by atoms with Crippen molar-refractivity contribution in [2.24, 2.45) is 0 Å². The molecule has 34 heavy (non-hydrogen) atoms. The fourth-order valence-electron chi connectivity index (χ4n) is 4.60. The van der Waals surface area contributed by atoms with Crippen LogP contribution in [0.15, 0.2) is 60.7 Å². The average molecular weight is 480 g/mol. The van der Waals surface area contributed by atoms with Crippen LogP contribution in [-0.4, -0.2) is 36.7 Å². The van der Waals surface area contributed by atoms with Gasteiger partial charge in [-0.05, 0) is 41.8 Å². The maximum absolute atomic E-state index is 13.7. The van der Waals surface area contributed by atoms with E-state index in [1.807, 2.05) is 18.2 Å². The van der Waals surface area contributed by atoms with E-state index in [1.165, 1.54) is 31.9 Å².